The molecule has 1 aromatic heterocycles. The molecule has 2 aromatic carbocycles. The first-order valence-corrected chi connectivity index (χ1v) is 11.5. The Labute approximate surface area is 197 Å². The van der Waals surface area contributed by atoms with Crippen molar-refractivity contribution >= 4 is 34.6 Å². The van der Waals surface area contributed by atoms with Gasteiger partial charge in [0.1, 0.15) is 0 Å². The second-order valence-corrected chi connectivity index (χ2v) is 8.44. The van der Waals surface area contributed by atoms with E-state index >= 15 is 0 Å². The molecule has 2 saturated heterocycles. The third kappa shape index (κ3) is 4.98. The quantitative estimate of drug-likeness (QED) is 0.619. The van der Waals surface area contributed by atoms with Crippen LogP contribution in [0, 0.1) is 0 Å². The minimum Gasteiger partial charge on any atom is -0.378 e. The molecule has 0 aliphatic carbocycles. The van der Waals surface area contributed by atoms with Crippen molar-refractivity contribution in [3.05, 3.63) is 65.4 Å². The van der Waals surface area contributed by atoms with Gasteiger partial charge in [0.05, 0.1) is 55.2 Å². The molecule has 33 heavy (non-hydrogen) atoms. The van der Waals surface area contributed by atoms with Gasteiger partial charge in [0, 0.05) is 43.1 Å². The van der Waals surface area contributed by atoms with Crippen LogP contribution in [0.3, 0.4) is 0 Å². The number of carbonyl (C=O) groups is 1. The maximum atomic E-state index is 13.1. The molecule has 2 aliphatic heterocycles. The van der Waals surface area contributed by atoms with E-state index in [1.165, 1.54) is 0 Å². The molecule has 2 aliphatic rings. The number of ether oxygens (including phenoxy) is 2. The summed E-state index contributed by atoms with van der Waals surface area (Å²) in [6, 6.07) is 13.5. The summed E-state index contributed by atoms with van der Waals surface area (Å²) in [4.78, 5) is 17.7. The number of anilines is 3. The van der Waals surface area contributed by atoms with Crippen molar-refractivity contribution in [1.82, 2.24) is 9.78 Å². The fourth-order valence-electron chi connectivity index (χ4n) is 4.10. The summed E-state index contributed by atoms with van der Waals surface area (Å²) in [7, 11) is 0. The van der Waals surface area contributed by atoms with E-state index in [4.69, 9.17) is 21.1 Å². The average molecular weight is 468 g/mol. The zero-order valence-electron chi connectivity index (χ0n) is 18.2. The molecule has 8 nitrogen and oxygen atoms in total. The number of halogens is 1. The molecule has 2 fully saturated rings. The summed E-state index contributed by atoms with van der Waals surface area (Å²) in [6.45, 7) is 6.06. The van der Waals surface area contributed by atoms with Gasteiger partial charge in [-0.3, -0.25) is 4.79 Å². The minimum absolute atomic E-state index is 0.211. The highest BCUT2D eigenvalue weighted by atomic mass is 35.5. The Morgan fingerprint density at radius 2 is 1.64 bits per heavy atom. The van der Waals surface area contributed by atoms with Gasteiger partial charge in [-0.1, -0.05) is 17.7 Å². The first-order valence-electron chi connectivity index (χ1n) is 11.1. The molecule has 0 spiro atoms. The smallest absolute Gasteiger partial charge is 0.258 e. The van der Waals surface area contributed by atoms with E-state index in [2.05, 4.69) is 32.3 Å². The fourth-order valence-corrected chi connectivity index (χ4v) is 4.29. The van der Waals surface area contributed by atoms with Crippen LogP contribution < -0.4 is 15.1 Å². The number of carbonyl (C=O) groups excluding carboxylic acids is 1. The lowest BCUT2D eigenvalue weighted by Gasteiger charge is -2.33. The van der Waals surface area contributed by atoms with E-state index in [1.807, 2.05) is 18.2 Å². The summed E-state index contributed by atoms with van der Waals surface area (Å²) in [5.74, 6) is -0.211. The van der Waals surface area contributed by atoms with Crippen LogP contribution >= 0.6 is 11.6 Å². The van der Waals surface area contributed by atoms with Crippen LogP contribution in [0.5, 0.6) is 0 Å². The van der Waals surface area contributed by atoms with E-state index in [9.17, 15) is 4.79 Å². The van der Waals surface area contributed by atoms with Gasteiger partial charge in [0.15, 0.2) is 0 Å². The number of nitrogens with zero attached hydrogens (tertiary/aromatic N) is 4. The van der Waals surface area contributed by atoms with Gasteiger partial charge >= 0.3 is 0 Å². The van der Waals surface area contributed by atoms with Crippen molar-refractivity contribution in [2.75, 3.05) is 67.7 Å². The van der Waals surface area contributed by atoms with Gasteiger partial charge in [-0.2, -0.15) is 5.10 Å². The lowest BCUT2D eigenvalue weighted by atomic mass is 10.1. The molecule has 0 atom stereocenters. The van der Waals surface area contributed by atoms with Gasteiger partial charge in [-0.05, 0) is 36.4 Å². The van der Waals surface area contributed by atoms with Crippen molar-refractivity contribution in [3.63, 3.8) is 0 Å². The molecule has 0 unspecified atom stereocenters. The zero-order chi connectivity index (χ0) is 22.6. The molecule has 0 radical (unpaired) electrons. The van der Waals surface area contributed by atoms with Crippen molar-refractivity contribution < 1.29 is 14.3 Å². The second kappa shape index (κ2) is 9.82. The van der Waals surface area contributed by atoms with Crippen LogP contribution in [0.1, 0.15) is 10.4 Å². The molecule has 9 heteroatoms. The molecule has 0 saturated carbocycles. The van der Waals surface area contributed by atoms with Crippen LogP contribution in [0.4, 0.5) is 17.1 Å². The Morgan fingerprint density at radius 3 is 2.36 bits per heavy atom. The zero-order valence-corrected chi connectivity index (χ0v) is 19.0. The molecule has 3 heterocycles. The third-order valence-electron chi connectivity index (χ3n) is 5.88. The van der Waals surface area contributed by atoms with Crippen LogP contribution in [0.15, 0.2) is 54.9 Å². The number of hydrogen-bond donors (Lipinski definition) is 1. The number of hydrogen-bond acceptors (Lipinski definition) is 6. The van der Waals surface area contributed by atoms with Crippen LogP contribution in [-0.2, 0) is 9.47 Å². The summed E-state index contributed by atoms with van der Waals surface area (Å²) in [5, 5.41) is 8.03. The largest absolute Gasteiger partial charge is 0.378 e. The number of nitrogens with one attached hydrogen (secondary N) is 1. The number of rotatable bonds is 5. The van der Waals surface area contributed by atoms with Gasteiger partial charge in [0.25, 0.3) is 5.91 Å². The Bertz CT molecular complexity index is 1120. The molecule has 1 amide bonds. The van der Waals surface area contributed by atoms with Gasteiger partial charge in [-0.25, -0.2) is 4.68 Å². The summed E-state index contributed by atoms with van der Waals surface area (Å²) in [6.07, 6.45) is 3.27. The lowest BCUT2D eigenvalue weighted by Crippen LogP contribution is -2.38. The normalized spacial score (nSPS) is 16.6. The summed E-state index contributed by atoms with van der Waals surface area (Å²) < 4.78 is 12.7. The molecule has 172 valence electrons. The topological polar surface area (TPSA) is 71.9 Å². The highest BCUT2D eigenvalue weighted by Crippen LogP contribution is 2.32. The Morgan fingerprint density at radius 1 is 0.909 bits per heavy atom. The first-order chi connectivity index (χ1) is 16.2. The standard InChI is InChI=1S/C24H26ClN5O3/c25-19-2-1-3-21(14-19)30-17-18(16-26-30)24(31)27-22-5-4-20(28-6-10-32-11-7-28)15-23(22)29-8-12-33-13-9-29/h1-5,14-17H,6-13H2,(H,27,31). The molecule has 0 bridgehead atoms. The molecular formula is C24H26ClN5O3. The number of amides is 1. The minimum atomic E-state index is -0.211. The van der Waals surface area contributed by atoms with Gasteiger partial charge < -0.3 is 24.6 Å². The lowest BCUT2D eigenvalue weighted by molar-refractivity contribution is 0.102. The maximum Gasteiger partial charge on any atom is 0.258 e. The predicted molar refractivity (Wildman–Crippen MR) is 129 cm³/mol. The SMILES string of the molecule is O=C(Nc1ccc(N2CCOCC2)cc1N1CCOCC1)c1cnn(-c2cccc(Cl)c2)c1. The second-order valence-electron chi connectivity index (χ2n) is 8.01. The predicted octanol–water partition coefficient (Wildman–Crippen LogP) is 3.45. The summed E-state index contributed by atoms with van der Waals surface area (Å²) >= 11 is 6.09. The van der Waals surface area contributed by atoms with E-state index in [0.717, 1.165) is 62.1 Å². The molecule has 5 rings (SSSR count). The third-order valence-corrected chi connectivity index (χ3v) is 6.11. The highest BCUT2D eigenvalue weighted by Gasteiger charge is 2.20. The van der Waals surface area contributed by atoms with Crippen LogP contribution in [-0.4, -0.2) is 68.3 Å². The van der Waals surface area contributed by atoms with Crippen molar-refractivity contribution in [1.29, 1.82) is 0 Å². The van der Waals surface area contributed by atoms with Crippen molar-refractivity contribution in [2.45, 2.75) is 0 Å². The van der Waals surface area contributed by atoms with Crippen LogP contribution in [0.2, 0.25) is 5.02 Å². The average Bonchev–Trinajstić information content (AvgIpc) is 3.36. The monoisotopic (exact) mass is 467 g/mol. The van der Waals surface area contributed by atoms with Gasteiger partial charge in [0.2, 0.25) is 0 Å². The molecule has 1 N–H and O–H groups in total. The first kappa shape index (κ1) is 21.8. The van der Waals surface area contributed by atoms with Crippen LogP contribution in [0.25, 0.3) is 5.69 Å². The van der Waals surface area contributed by atoms with E-state index in [1.54, 1.807) is 29.2 Å². The Balaban J connectivity index is 1.39. The number of aromatic nitrogens is 2. The highest BCUT2D eigenvalue weighted by molar-refractivity contribution is 6.30. The Kier molecular flexibility index (Phi) is 6.48. The van der Waals surface area contributed by atoms with Crippen molar-refractivity contribution in [3.8, 4) is 5.69 Å². The number of benzene rings is 2. The fraction of sp³-hybridized carbons (Fsp3) is 0.333. The van der Waals surface area contributed by atoms with Crippen molar-refractivity contribution in [2.24, 2.45) is 0 Å². The van der Waals surface area contributed by atoms with E-state index in [0.29, 0.717) is 23.8 Å². The maximum absolute atomic E-state index is 13.1. The summed E-state index contributed by atoms with van der Waals surface area (Å²) in [5.41, 5.74) is 4.17. The van der Waals surface area contributed by atoms with Gasteiger partial charge in [-0.15, -0.1) is 0 Å². The molecule has 3 aromatic rings. The van der Waals surface area contributed by atoms with E-state index < -0.39 is 0 Å². The Hall–Kier alpha value is -3.07. The molecular weight excluding hydrogens is 442 g/mol. The van der Waals surface area contributed by atoms with E-state index in [-0.39, 0.29) is 5.91 Å². The number of morpholine rings is 2.